The van der Waals surface area contributed by atoms with Crippen LogP contribution in [0.4, 0.5) is 0 Å². The van der Waals surface area contributed by atoms with Crippen LogP contribution < -0.4 is 10.6 Å². The van der Waals surface area contributed by atoms with Gasteiger partial charge in [0, 0.05) is 24.6 Å². The van der Waals surface area contributed by atoms with E-state index in [4.69, 9.17) is 0 Å². The average Bonchev–Trinajstić information content (AvgIpc) is 3.37. The van der Waals surface area contributed by atoms with Crippen molar-refractivity contribution in [2.45, 2.75) is 58.4 Å². The maximum atomic E-state index is 13.2. The molecule has 2 N–H and O–H groups in total. The molecule has 1 heterocycles. The minimum atomic E-state index is -0.409. The number of benzene rings is 1. The molecule has 1 aromatic carbocycles. The van der Waals surface area contributed by atoms with Crippen molar-refractivity contribution in [2.24, 2.45) is 11.8 Å². The van der Waals surface area contributed by atoms with E-state index >= 15 is 0 Å². The average molecular weight is 415 g/mol. The van der Waals surface area contributed by atoms with Gasteiger partial charge in [0.25, 0.3) is 0 Å². The van der Waals surface area contributed by atoms with E-state index in [2.05, 4.69) is 40.3 Å². The van der Waals surface area contributed by atoms with Crippen LogP contribution in [0.5, 0.6) is 0 Å². The smallest absolute Gasteiger partial charge is 0.225 e. The molecule has 1 aromatic heterocycles. The fourth-order valence-electron chi connectivity index (χ4n) is 4.27. The topological polar surface area (TPSA) is 75.3 Å². The summed E-state index contributed by atoms with van der Waals surface area (Å²) < 4.78 is 1.23. The Bertz CT molecular complexity index is 852. The third-order valence-electron chi connectivity index (χ3n) is 5.85. The van der Waals surface area contributed by atoms with E-state index in [0.717, 1.165) is 12.8 Å². The van der Waals surface area contributed by atoms with Crippen molar-refractivity contribution < 1.29 is 14.4 Å². The Balaban J connectivity index is 1.83. The number of carbonyl (C=O) groups excluding carboxylic acids is 3. The van der Waals surface area contributed by atoms with Crippen molar-refractivity contribution in [3.05, 3.63) is 35.2 Å². The zero-order valence-corrected chi connectivity index (χ0v) is 18.0. The Kier molecular flexibility index (Phi) is 7.42. The first-order valence-corrected chi connectivity index (χ1v) is 11.3. The highest BCUT2D eigenvalue weighted by Gasteiger charge is 2.31. The molecular weight excluding hydrogens is 384 g/mol. The molecule has 1 aliphatic rings. The summed E-state index contributed by atoms with van der Waals surface area (Å²) in [6.07, 6.45) is 5.38. The maximum absolute atomic E-state index is 13.2. The number of rotatable bonds is 9. The summed E-state index contributed by atoms with van der Waals surface area (Å²) >= 11 is 1.71. The Labute approximate surface area is 176 Å². The largest absolute Gasteiger partial charge is 0.356 e. The summed E-state index contributed by atoms with van der Waals surface area (Å²) in [6.45, 7) is 3.24. The van der Waals surface area contributed by atoms with E-state index in [9.17, 15) is 14.4 Å². The lowest BCUT2D eigenvalue weighted by Gasteiger charge is -2.28. The van der Waals surface area contributed by atoms with Gasteiger partial charge in [0.2, 0.25) is 11.8 Å². The number of carbonyl (C=O) groups is 3. The summed E-state index contributed by atoms with van der Waals surface area (Å²) in [4.78, 5) is 36.0. The van der Waals surface area contributed by atoms with Crippen molar-refractivity contribution in [3.8, 4) is 0 Å². The zero-order chi connectivity index (χ0) is 20.8. The van der Waals surface area contributed by atoms with E-state index in [0.29, 0.717) is 18.8 Å². The third-order valence-corrected chi connectivity index (χ3v) is 6.73. The number of thiophene rings is 1. The number of hydrogen-bond acceptors (Lipinski definition) is 4. The quantitative estimate of drug-likeness (QED) is 0.640. The van der Waals surface area contributed by atoms with Gasteiger partial charge in [-0.3, -0.25) is 9.59 Å². The molecule has 2 atom stereocenters. The molecule has 0 radical (unpaired) electrons. The van der Waals surface area contributed by atoms with Crippen LogP contribution in [0, 0.1) is 11.8 Å². The molecule has 6 heteroatoms. The van der Waals surface area contributed by atoms with E-state index in [-0.39, 0.29) is 30.2 Å². The minimum Gasteiger partial charge on any atom is -0.356 e. The highest BCUT2D eigenvalue weighted by atomic mass is 32.1. The van der Waals surface area contributed by atoms with Gasteiger partial charge in [-0.2, -0.15) is 0 Å². The van der Waals surface area contributed by atoms with Gasteiger partial charge < -0.3 is 15.4 Å². The lowest BCUT2D eigenvalue weighted by molar-refractivity contribution is -0.127. The Morgan fingerprint density at radius 2 is 1.90 bits per heavy atom. The Morgan fingerprint density at radius 3 is 2.59 bits per heavy atom. The van der Waals surface area contributed by atoms with Crippen LogP contribution in [0.15, 0.2) is 29.6 Å². The summed E-state index contributed by atoms with van der Waals surface area (Å²) in [6, 6.07) is 8.39. The summed E-state index contributed by atoms with van der Waals surface area (Å²) in [5, 5.41) is 9.35. The zero-order valence-electron chi connectivity index (χ0n) is 17.2. The van der Waals surface area contributed by atoms with Crippen LogP contribution in [0.3, 0.4) is 0 Å². The van der Waals surface area contributed by atoms with E-state index < -0.39 is 5.92 Å². The highest BCUT2D eigenvalue weighted by molar-refractivity contribution is 7.17. The van der Waals surface area contributed by atoms with Gasteiger partial charge in [-0.05, 0) is 60.6 Å². The monoisotopic (exact) mass is 414 g/mol. The van der Waals surface area contributed by atoms with E-state index in [1.165, 1.54) is 42.3 Å². The number of Topliss-reactive ketones (excluding diaryl/α,β-unsaturated/α-hetero) is 1. The number of amides is 2. The second-order valence-corrected chi connectivity index (χ2v) is 9.03. The van der Waals surface area contributed by atoms with Crippen LogP contribution in [-0.4, -0.2) is 24.1 Å². The van der Waals surface area contributed by atoms with Crippen LogP contribution in [0.1, 0.15) is 64.0 Å². The van der Waals surface area contributed by atoms with Crippen LogP contribution >= 0.6 is 11.3 Å². The highest BCUT2D eigenvalue weighted by Crippen LogP contribution is 2.39. The molecule has 2 amide bonds. The maximum Gasteiger partial charge on any atom is 0.225 e. The lowest BCUT2D eigenvalue weighted by Crippen LogP contribution is -2.41. The Morgan fingerprint density at radius 1 is 1.14 bits per heavy atom. The van der Waals surface area contributed by atoms with Crippen molar-refractivity contribution >= 4 is 39.0 Å². The van der Waals surface area contributed by atoms with E-state index in [1.807, 2.05) is 0 Å². The summed E-state index contributed by atoms with van der Waals surface area (Å²) in [5.41, 5.74) is 1.17. The first-order chi connectivity index (χ1) is 14.0. The molecule has 0 aliphatic heterocycles. The molecule has 0 spiro atoms. The standard InChI is InChI=1S/C23H30N2O3S/c1-15(26)10-11-18(14-24-16(2)27)23(28)25-22(17-6-3-4-7-17)20-8-5-9-21-19(20)12-13-29-21/h5,8-9,12-13,17-18,22H,3-4,6-7,10-11,14H2,1-2H3,(H,24,27)(H,25,28)/t18-,22+/m1/s1. The van der Waals surface area contributed by atoms with Gasteiger partial charge in [-0.25, -0.2) is 0 Å². The molecule has 2 aromatic rings. The number of hydrogen-bond donors (Lipinski definition) is 2. The van der Waals surface area contributed by atoms with Crippen LogP contribution in [0.2, 0.25) is 0 Å². The van der Waals surface area contributed by atoms with Crippen molar-refractivity contribution in [2.75, 3.05) is 6.54 Å². The fraction of sp³-hybridized carbons (Fsp3) is 0.522. The van der Waals surface area contributed by atoms with Gasteiger partial charge >= 0.3 is 0 Å². The molecule has 0 unspecified atom stereocenters. The Hall–Kier alpha value is -2.21. The van der Waals surface area contributed by atoms with Crippen LogP contribution in [-0.2, 0) is 14.4 Å². The third kappa shape index (κ3) is 5.66. The number of fused-ring (bicyclic) bond motifs is 1. The molecule has 0 bridgehead atoms. The van der Waals surface area contributed by atoms with Gasteiger partial charge in [-0.15, -0.1) is 11.3 Å². The lowest BCUT2D eigenvalue weighted by atomic mass is 9.89. The summed E-state index contributed by atoms with van der Waals surface area (Å²) in [7, 11) is 0. The molecule has 1 fully saturated rings. The predicted octanol–water partition coefficient (Wildman–Crippen LogP) is 4.37. The predicted molar refractivity (Wildman–Crippen MR) is 117 cm³/mol. The molecule has 1 saturated carbocycles. The van der Waals surface area contributed by atoms with Gasteiger partial charge in [0.1, 0.15) is 5.78 Å². The molecule has 29 heavy (non-hydrogen) atoms. The molecule has 1 aliphatic carbocycles. The first-order valence-electron chi connectivity index (χ1n) is 10.5. The van der Waals surface area contributed by atoms with Crippen molar-refractivity contribution in [1.82, 2.24) is 10.6 Å². The SMILES string of the molecule is CC(=O)CC[C@H](CNC(C)=O)C(=O)N[C@H](c1cccc2sccc12)C1CCCC1. The number of ketones is 1. The van der Waals surface area contributed by atoms with E-state index in [1.54, 1.807) is 11.3 Å². The van der Waals surface area contributed by atoms with Crippen molar-refractivity contribution in [3.63, 3.8) is 0 Å². The normalized spacial score (nSPS) is 16.5. The van der Waals surface area contributed by atoms with Gasteiger partial charge in [-0.1, -0.05) is 25.0 Å². The second-order valence-electron chi connectivity index (χ2n) is 8.09. The number of nitrogens with one attached hydrogen (secondary N) is 2. The van der Waals surface area contributed by atoms with Crippen molar-refractivity contribution in [1.29, 1.82) is 0 Å². The molecule has 3 rings (SSSR count). The fourth-order valence-corrected chi connectivity index (χ4v) is 5.09. The molecule has 5 nitrogen and oxygen atoms in total. The first kappa shape index (κ1) is 21.5. The molecule has 0 saturated heterocycles. The second kappa shape index (κ2) is 10.0. The molecular formula is C23H30N2O3S. The van der Waals surface area contributed by atoms with Gasteiger partial charge in [0.05, 0.1) is 12.0 Å². The minimum absolute atomic E-state index is 0.0412. The van der Waals surface area contributed by atoms with Crippen LogP contribution in [0.25, 0.3) is 10.1 Å². The summed E-state index contributed by atoms with van der Waals surface area (Å²) in [5.74, 6) is -0.182. The molecule has 156 valence electrons. The van der Waals surface area contributed by atoms with Gasteiger partial charge in [0.15, 0.2) is 0 Å².